The van der Waals surface area contributed by atoms with Crippen LogP contribution in [0.5, 0.6) is 5.75 Å². The minimum absolute atomic E-state index is 0.109. The topological polar surface area (TPSA) is 93.5 Å². The minimum Gasteiger partial charge on any atom is -0.406 e. The van der Waals surface area contributed by atoms with Crippen molar-refractivity contribution >= 4 is 15.9 Å². The van der Waals surface area contributed by atoms with Crippen LogP contribution in [-0.2, 0) is 21.4 Å². The molecule has 0 aliphatic carbocycles. The van der Waals surface area contributed by atoms with Crippen LogP contribution in [0.25, 0.3) is 0 Å². The first kappa shape index (κ1) is 23.1. The molecule has 31 heavy (non-hydrogen) atoms. The predicted octanol–water partition coefficient (Wildman–Crippen LogP) is 2.39. The minimum atomic E-state index is -4.91. The van der Waals surface area contributed by atoms with Crippen molar-refractivity contribution in [2.75, 3.05) is 19.6 Å². The molecule has 1 amide bonds. The Bertz CT molecular complexity index is 972. The number of amides is 1. The highest BCUT2D eigenvalue weighted by Crippen LogP contribution is 2.28. The molecule has 8 nitrogen and oxygen atoms in total. The van der Waals surface area contributed by atoms with E-state index in [-0.39, 0.29) is 29.8 Å². The van der Waals surface area contributed by atoms with E-state index in [1.54, 1.807) is 10.9 Å². The third kappa shape index (κ3) is 6.44. The number of alkyl halides is 3. The zero-order valence-corrected chi connectivity index (χ0v) is 17.4. The van der Waals surface area contributed by atoms with Gasteiger partial charge in [-0.15, -0.1) is 13.2 Å². The lowest BCUT2D eigenvalue weighted by Gasteiger charge is -2.30. The number of hydrogen-bond acceptors (Lipinski definition) is 5. The summed E-state index contributed by atoms with van der Waals surface area (Å²) in [5, 5.41) is 6.94. The molecule has 1 aromatic carbocycles. The van der Waals surface area contributed by atoms with Gasteiger partial charge in [-0.05, 0) is 37.5 Å². The molecular formula is C19H23F3N4O4S. The van der Waals surface area contributed by atoms with Gasteiger partial charge in [0.25, 0.3) is 0 Å². The Morgan fingerprint density at radius 3 is 2.61 bits per heavy atom. The number of aryl methyl sites for hydroxylation is 1. The van der Waals surface area contributed by atoms with Crippen molar-refractivity contribution in [3.63, 3.8) is 0 Å². The number of rotatable bonds is 8. The third-order valence-corrected chi connectivity index (χ3v) is 6.82. The number of aromatic nitrogens is 2. The molecular weight excluding hydrogens is 437 g/mol. The van der Waals surface area contributed by atoms with Crippen LogP contribution in [0.3, 0.4) is 0 Å². The highest BCUT2D eigenvalue weighted by atomic mass is 32.2. The summed E-state index contributed by atoms with van der Waals surface area (Å²) < 4.78 is 69.5. The van der Waals surface area contributed by atoms with Crippen LogP contribution in [0.4, 0.5) is 13.2 Å². The van der Waals surface area contributed by atoms with Crippen molar-refractivity contribution in [2.45, 2.75) is 37.1 Å². The van der Waals surface area contributed by atoms with E-state index in [2.05, 4.69) is 15.2 Å². The van der Waals surface area contributed by atoms with Crippen LogP contribution in [0.15, 0.2) is 47.6 Å². The lowest BCUT2D eigenvalue weighted by atomic mass is 9.97. The Hall–Kier alpha value is -2.60. The number of ether oxygens (including phenoxy) is 1. The van der Waals surface area contributed by atoms with Crippen LogP contribution in [0.1, 0.15) is 19.3 Å². The van der Waals surface area contributed by atoms with Crippen molar-refractivity contribution in [1.82, 2.24) is 19.4 Å². The van der Waals surface area contributed by atoms with Gasteiger partial charge in [0.15, 0.2) is 0 Å². The van der Waals surface area contributed by atoms with Gasteiger partial charge >= 0.3 is 6.36 Å². The van der Waals surface area contributed by atoms with E-state index in [1.807, 2.05) is 12.3 Å². The molecule has 1 N–H and O–H groups in total. The van der Waals surface area contributed by atoms with Gasteiger partial charge in [-0.25, -0.2) is 8.42 Å². The summed E-state index contributed by atoms with van der Waals surface area (Å²) in [6.45, 7) is 1.39. The van der Waals surface area contributed by atoms with Crippen molar-refractivity contribution in [3.05, 3.63) is 42.7 Å². The fourth-order valence-electron chi connectivity index (χ4n) is 3.37. The van der Waals surface area contributed by atoms with E-state index in [4.69, 9.17) is 0 Å². The molecule has 1 aliphatic rings. The first-order valence-corrected chi connectivity index (χ1v) is 11.2. The smallest absolute Gasteiger partial charge is 0.406 e. The fourth-order valence-corrected chi connectivity index (χ4v) is 4.87. The van der Waals surface area contributed by atoms with Crippen molar-refractivity contribution < 1.29 is 31.1 Å². The number of nitrogens with one attached hydrogen (secondary N) is 1. The highest BCUT2D eigenvalue weighted by Gasteiger charge is 2.34. The Morgan fingerprint density at radius 1 is 1.23 bits per heavy atom. The van der Waals surface area contributed by atoms with Gasteiger partial charge in [0.1, 0.15) is 5.75 Å². The van der Waals surface area contributed by atoms with E-state index < -0.39 is 22.1 Å². The molecule has 0 spiro atoms. The lowest BCUT2D eigenvalue weighted by Crippen LogP contribution is -2.43. The van der Waals surface area contributed by atoms with Crippen molar-refractivity contribution in [3.8, 4) is 5.75 Å². The summed E-state index contributed by atoms with van der Waals surface area (Å²) in [7, 11) is -3.99. The van der Waals surface area contributed by atoms with Gasteiger partial charge in [-0.2, -0.15) is 9.40 Å². The zero-order chi connectivity index (χ0) is 22.5. The summed E-state index contributed by atoms with van der Waals surface area (Å²) >= 11 is 0. The van der Waals surface area contributed by atoms with Crippen LogP contribution in [0, 0.1) is 5.92 Å². The highest BCUT2D eigenvalue weighted by molar-refractivity contribution is 7.89. The molecule has 2 heterocycles. The molecule has 1 fully saturated rings. The van der Waals surface area contributed by atoms with Gasteiger partial charge < -0.3 is 10.1 Å². The molecule has 2 aromatic rings. The molecule has 0 bridgehead atoms. The fraction of sp³-hybridized carbons (Fsp3) is 0.474. The third-order valence-electron chi connectivity index (χ3n) is 4.92. The number of carbonyl (C=O) groups is 1. The van der Waals surface area contributed by atoms with E-state index in [0.717, 1.165) is 18.6 Å². The molecule has 3 rings (SSSR count). The van der Waals surface area contributed by atoms with Gasteiger partial charge in [0.2, 0.25) is 15.9 Å². The number of carbonyl (C=O) groups excluding carboxylic acids is 1. The Labute approximate surface area is 178 Å². The normalized spacial score (nSPS) is 16.2. The Morgan fingerprint density at radius 2 is 1.97 bits per heavy atom. The summed E-state index contributed by atoms with van der Waals surface area (Å²) in [5.74, 6) is -1.04. The summed E-state index contributed by atoms with van der Waals surface area (Å²) in [4.78, 5) is 12.1. The maximum atomic E-state index is 12.8. The van der Waals surface area contributed by atoms with Crippen LogP contribution >= 0.6 is 0 Å². The lowest BCUT2D eigenvalue weighted by molar-refractivity contribution is -0.274. The molecule has 12 heteroatoms. The maximum Gasteiger partial charge on any atom is 0.573 e. The number of sulfonamides is 1. The standard InChI is InChI=1S/C19H23F3N4O4S/c20-19(21,22)30-16-4-1-5-17(14-16)31(28,29)26-12-6-15(7-13-26)18(27)23-8-2-10-25-11-3-9-24-25/h1,3-5,9,11,14-15H,2,6-8,10,12-13H2,(H,23,27). The van der Waals surface area contributed by atoms with Gasteiger partial charge in [-0.1, -0.05) is 6.07 Å². The number of nitrogens with zero attached hydrogens (tertiary/aromatic N) is 3. The van der Waals surface area contributed by atoms with Gasteiger partial charge in [-0.3, -0.25) is 9.48 Å². The number of halogens is 3. The Kier molecular flexibility index (Phi) is 7.21. The molecule has 0 atom stereocenters. The first-order chi connectivity index (χ1) is 14.6. The average Bonchev–Trinajstić information content (AvgIpc) is 3.23. The molecule has 1 saturated heterocycles. The van der Waals surface area contributed by atoms with E-state index in [9.17, 15) is 26.4 Å². The monoisotopic (exact) mass is 460 g/mol. The summed E-state index contributed by atoms with van der Waals surface area (Å²) in [6.07, 6.45) is -0.00167. The van der Waals surface area contributed by atoms with E-state index in [0.29, 0.717) is 25.9 Å². The zero-order valence-electron chi connectivity index (χ0n) is 16.6. The second kappa shape index (κ2) is 9.69. The second-order valence-corrected chi connectivity index (χ2v) is 9.05. The molecule has 0 unspecified atom stereocenters. The number of hydrogen-bond donors (Lipinski definition) is 1. The molecule has 1 aliphatic heterocycles. The molecule has 170 valence electrons. The van der Waals surface area contributed by atoms with Crippen LogP contribution in [-0.4, -0.2) is 54.4 Å². The van der Waals surface area contributed by atoms with E-state index >= 15 is 0 Å². The summed E-state index contributed by atoms with van der Waals surface area (Å²) in [5.41, 5.74) is 0. The largest absolute Gasteiger partial charge is 0.573 e. The first-order valence-electron chi connectivity index (χ1n) is 9.76. The Balaban J connectivity index is 1.50. The number of piperidine rings is 1. The van der Waals surface area contributed by atoms with E-state index in [1.165, 1.54) is 16.4 Å². The molecule has 1 aromatic heterocycles. The quantitative estimate of drug-likeness (QED) is 0.611. The molecule has 0 saturated carbocycles. The predicted molar refractivity (Wildman–Crippen MR) is 104 cm³/mol. The van der Waals surface area contributed by atoms with Gasteiger partial charge in [0, 0.05) is 50.6 Å². The van der Waals surface area contributed by atoms with Gasteiger partial charge in [0.05, 0.1) is 4.90 Å². The second-order valence-electron chi connectivity index (χ2n) is 7.11. The maximum absolute atomic E-state index is 12.8. The van der Waals surface area contributed by atoms with Crippen LogP contribution in [0.2, 0.25) is 0 Å². The van der Waals surface area contributed by atoms with Crippen molar-refractivity contribution in [1.29, 1.82) is 0 Å². The number of benzene rings is 1. The summed E-state index contributed by atoms with van der Waals surface area (Å²) in [6, 6.07) is 6.12. The van der Waals surface area contributed by atoms with Crippen molar-refractivity contribution in [2.24, 2.45) is 5.92 Å². The van der Waals surface area contributed by atoms with Crippen LogP contribution < -0.4 is 10.1 Å². The average molecular weight is 460 g/mol. The molecule has 0 radical (unpaired) electrons. The SMILES string of the molecule is O=C(NCCCn1cccn1)C1CCN(S(=O)(=O)c2cccc(OC(F)(F)F)c2)CC1.